The summed E-state index contributed by atoms with van der Waals surface area (Å²) in [6.45, 7) is 4.19. The van der Waals surface area contributed by atoms with Gasteiger partial charge in [0.1, 0.15) is 11.3 Å². The number of ether oxygens (including phenoxy) is 1. The van der Waals surface area contributed by atoms with Crippen LogP contribution < -0.4 is 10.2 Å². The number of hydrogen-bond donors (Lipinski definition) is 0. The third-order valence-corrected chi connectivity index (χ3v) is 7.20. The van der Waals surface area contributed by atoms with E-state index in [9.17, 15) is 9.59 Å². The van der Waals surface area contributed by atoms with E-state index in [4.69, 9.17) is 32.4 Å². The predicted molar refractivity (Wildman–Crippen MR) is 138 cm³/mol. The van der Waals surface area contributed by atoms with Crippen LogP contribution in [0.25, 0.3) is 11.0 Å². The minimum absolute atomic E-state index is 0.0836. The number of halogens is 2. The fourth-order valence-corrected chi connectivity index (χ4v) is 5.08. The highest BCUT2D eigenvalue weighted by Crippen LogP contribution is 2.40. The van der Waals surface area contributed by atoms with Crippen LogP contribution in [-0.2, 0) is 6.42 Å². The number of carbonyl (C=O) groups excluding carboxylic acids is 1. The van der Waals surface area contributed by atoms with Crippen LogP contribution in [0.4, 0.5) is 0 Å². The van der Waals surface area contributed by atoms with E-state index < -0.39 is 6.04 Å². The molecule has 1 atom stereocenters. The topological polar surface area (TPSA) is 59.8 Å². The average molecular weight is 508 g/mol. The molecule has 2 heterocycles. The minimum atomic E-state index is -0.632. The third-order valence-electron chi connectivity index (χ3n) is 6.46. The molecule has 178 valence electrons. The normalized spacial score (nSPS) is 15.1. The molecular formula is C28H23Cl2NO4. The van der Waals surface area contributed by atoms with Crippen LogP contribution in [0.1, 0.15) is 44.4 Å². The van der Waals surface area contributed by atoms with Crippen molar-refractivity contribution in [2.75, 3.05) is 13.7 Å². The molecular weight excluding hydrogens is 485 g/mol. The van der Waals surface area contributed by atoms with E-state index in [0.717, 1.165) is 22.4 Å². The zero-order valence-corrected chi connectivity index (χ0v) is 21.0. The summed E-state index contributed by atoms with van der Waals surface area (Å²) in [5.74, 6) is 0.531. The van der Waals surface area contributed by atoms with E-state index >= 15 is 0 Å². The summed E-state index contributed by atoms with van der Waals surface area (Å²) in [5, 5.41) is 1.23. The Kier molecular flexibility index (Phi) is 6.07. The molecule has 5 rings (SSSR count). The van der Waals surface area contributed by atoms with Crippen molar-refractivity contribution >= 4 is 40.1 Å². The molecule has 1 amide bonds. The number of benzene rings is 3. The van der Waals surface area contributed by atoms with Gasteiger partial charge in [0.15, 0.2) is 5.43 Å². The molecule has 1 aliphatic heterocycles. The summed E-state index contributed by atoms with van der Waals surface area (Å²) in [4.78, 5) is 29.1. The number of hydrogen-bond acceptors (Lipinski definition) is 4. The highest BCUT2D eigenvalue weighted by molar-refractivity contribution is 6.42. The largest absolute Gasteiger partial charge is 0.497 e. The number of nitrogens with zero attached hydrogens (tertiary/aromatic N) is 1. The molecule has 0 saturated carbocycles. The fourth-order valence-electron chi connectivity index (χ4n) is 4.78. The van der Waals surface area contributed by atoms with Crippen molar-refractivity contribution in [1.82, 2.24) is 4.90 Å². The summed E-state index contributed by atoms with van der Waals surface area (Å²) in [7, 11) is 1.62. The lowest BCUT2D eigenvalue weighted by Crippen LogP contribution is -2.31. The van der Waals surface area contributed by atoms with Crippen molar-refractivity contribution in [2.45, 2.75) is 26.3 Å². The monoisotopic (exact) mass is 507 g/mol. The first kappa shape index (κ1) is 23.5. The first-order chi connectivity index (χ1) is 16.8. The molecule has 0 saturated heterocycles. The van der Waals surface area contributed by atoms with Crippen LogP contribution in [0, 0.1) is 13.8 Å². The zero-order valence-electron chi connectivity index (χ0n) is 19.5. The van der Waals surface area contributed by atoms with Gasteiger partial charge in [-0.25, -0.2) is 0 Å². The van der Waals surface area contributed by atoms with Crippen molar-refractivity contribution in [2.24, 2.45) is 0 Å². The molecule has 0 unspecified atom stereocenters. The molecule has 35 heavy (non-hydrogen) atoms. The van der Waals surface area contributed by atoms with E-state index in [1.54, 1.807) is 30.2 Å². The minimum Gasteiger partial charge on any atom is -0.497 e. The van der Waals surface area contributed by atoms with Gasteiger partial charge < -0.3 is 14.1 Å². The van der Waals surface area contributed by atoms with Crippen molar-refractivity contribution in [1.29, 1.82) is 0 Å². The Balaban J connectivity index is 1.64. The Morgan fingerprint density at radius 2 is 1.71 bits per heavy atom. The van der Waals surface area contributed by atoms with E-state index in [1.165, 1.54) is 0 Å². The maximum atomic E-state index is 13.8. The molecule has 3 aromatic carbocycles. The predicted octanol–water partition coefficient (Wildman–Crippen LogP) is 6.51. The molecule has 0 aliphatic carbocycles. The number of amides is 1. The molecule has 0 fully saturated rings. The quantitative estimate of drug-likeness (QED) is 0.308. The SMILES string of the molecule is COc1ccc(CCN2C(=O)c3oc4c(C)cc(C)cc4c(=O)c3[C@H]2c2ccc(Cl)c(Cl)c2)cc1. The van der Waals surface area contributed by atoms with Gasteiger partial charge in [-0.1, -0.05) is 47.5 Å². The van der Waals surface area contributed by atoms with Crippen molar-refractivity contribution < 1.29 is 13.9 Å². The van der Waals surface area contributed by atoms with Crippen LogP contribution in [-0.4, -0.2) is 24.5 Å². The number of aryl methyl sites for hydroxylation is 2. The van der Waals surface area contributed by atoms with Crippen LogP contribution >= 0.6 is 23.2 Å². The van der Waals surface area contributed by atoms with Gasteiger partial charge in [0.2, 0.25) is 5.76 Å². The van der Waals surface area contributed by atoms with Gasteiger partial charge in [0, 0.05) is 6.54 Å². The Hall–Kier alpha value is -3.28. The maximum absolute atomic E-state index is 13.8. The molecule has 4 aromatic rings. The maximum Gasteiger partial charge on any atom is 0.290 e. The third kappa shape index (κ3) is 4.09. The Morgan fingerprint density at radius 3 is 2.40 bits per heavy atom. The van der Waals surface area contributed by atoms with Gasteiger partial charge >= 0.3 is 0 Å². The summed E-state index contributed by atoms with van der Waals surface area (Å²) in [6.07, 6.45) is 0.591. The average Bonchev–Trinajstić information content (AvgIpc) is 3.12. The van der Waals surface area contributed by atoms with Gasteiger partial charge in [-0.05, 0) is 72.9 Å². The summed E-state index contributed by atoms with van der Waals surface area (Å²) in [5.41, 5.74) is 4.09. The van der Waals surface area contributed by atoms with E-state index in [-0.39, 0.29) is 17.1 Å². The molecule has 5 nitrogen and oxygen atoms in total. The second-order valence-corrected chi connectivity index (χ2v) is 9.62. The molecule has 0 N–H and O–H groups in total. The van der Waals surface area contributed by atoms with Gasteiger partial charge in [0.05, 0.1) is 34.1 Å². The number of rotatable bonds is 5. The highest BCUT2D eigenvalue weighted by Gasteiger charge is 2.42. The Morgan fingerprint density at radius 1 is 0.971 bits per heavy atom. The van der Waals surface area contributed by atoms with Crippen molar-refractivity contribution in [3.8, 4) is 5.75 Å². The second-order valence-electron chi connectivity index (χ2n) is 8.81. The van der Waals surface area contributed by atoms with Gasteiger partial charge in [-0.15, -0.1) is 0 Å². The summed E-state index contributed by atoms with van der Waals surface area (Å²) < 4.78 is 11.4. The first-order valence-electron chi connectivity index (χ1n) is 11.2. The molecule has 0 radical (unpaired) electrons. The zero-order chi connectivity index (χ0) is 24.9. The van der Waals surface area contributed by atoms with Crippen LogP contribution in [0.2, 0.25) is 10.0 Å². The smallest absolute Gasteiger partial charge is 0.290 e. The molecule has 7 heteroatoms. The van der Waals surface area contributed by atoms with Crippen molar-refractivity contribution in [3.05, 3.63) is 108 Å². The summed E-state index contributed by atoms with van der Waals surface area (Å²) in [6, 6.07) is 16.0. The number of methoxy groups -OCH3 is 1. The number of fused-ring (bicyclic) bond motifs is 2. The van der Waals surface area contributed by atoms with Gasteiger partial charge in [-0.3, -0.25) is 9.59 Å². The number of carbonyl (C=O) groups is 1. The standard InChI is InChI=1S/C28H23Cl2NO4/c1-15-12-16(2)26-20(13-15)25(32)23-24(18-6-9-21(29)22(30)14-18)31(28(33)27(23)35-26)11-10-17-4-7-19(34-3)8-5-17/h4-9,12-14,24H,10-11H2,1-3H3/t24-/m1/s1. The van der Waals surface area contributed by atoms with E-state index in [0.29, 0.717) is 45.1 Å². The fraction of sp³-hybridized carbons (Fsp3) is 0.214. The lowest BCUT2D eigenvalue weighted by Gasteiger charge is -2.25. The second kappa shape index (κ2) is 9.06. The first-order valence-corrected chi connectivity index (χ1v) is 12.0. The molecule has 0 bridgehead atoms. The van der Waals surface area contributed by atoms with Crippen molar-refractivity contribution in [3.63, 3.8) is 0 Å². The van der Waals surface area contributed by atoms with E-state index in [1.807, 2.05) is 50.2 Å². The molecule has 1 aliphatic rings. The molecule has 1 aromatic heterocycles. The van der Waals surface area contributed by atoms with Crippen LogP contribution in [0.3, 0.4) is 0 Å². The van der Waals surface area contributed by atoms with Crippen LogP contribution in [0.5, 0.6) is 5.75 Å². The van der Waals surface area contributed by atoms with E-state index in [2.05, 4.69) is 0 Å². The highest BCUT2D eigenvalue weighted by atomic mass is 35.5. The lowest BCUT2D eigenvalue weighted by atomic mass is 9.97. The Labute approximate surface area is 212 Å². The molecule has 0 spiro atoms. The lowest BCUT2D eigenvalue weighted by molar-refractivity contribution is 0.0730. The van der Waals surface area contributed by atoms with Gasteiger partial charge in [0.25, 0.3) is 5.91 Å². The van der Waals surface area contributed by atoms with Gasteiger partial charge in [-0.2, -0.15) is 0 Å². The van der Waals surface area contributed by atoms with Crippen LogP contribution in [0.15, 0.2) is 63.8 Å². The Bertz CT molecular complexity index is 1530. The summed E-state index contributed by atoms with van der Waals surface area (Å²) >= 11 is 12.5.